The van der Waals surface area contributed by atoms with Crippen LogP contribution in [0.3, 0.4) is 0 Å². The molecule has 0 aliphatic carbocycles. The number of para-hydroxylation sites is 2. The van der Waals surface area contributed by atoms with Crippen molar-refractivity contribution in [1.29, 1.82) is 10.8 Å². The zero-order valence-electron chi connectivity index (χ0n) is 19.5. The number of aromatic nitrogens is 4. The van der Waals surface area contributed by atoms with Crippen molar-refractivity contribution >= 4 is 34.3 Å². The fourth-order valence-corrected chi connectivity index (χ4v) is 3.33. The summed E-state index contributed by atoms with van der Waals surface area (Å²) in [5.74, 6) is 1.37. The smallest absolute Gasteiger partial charge is 0.327 e. The van der Waals surface area contributed by atoms with Gasteiger partial charge in [0.25, 0.3) is 5.88 Å². The van der Waals surface area contributed by atoms with E-state index in [0.717, 1.165) is 5.69 Å². The molecular weight excluding hydrogens is 448 g/mol. The molecule has 0 aliphatic rings. The second-order valence-corrected chi connectivity index (χ2v) is 7.78. The Balaban J connectivity index is 1.81. The van der Waals surface area contributed by atoms with Gasteiger partial charge in [0.15, 0.2) is 28.6 Å². The molecule has 0 amide bonds. The van der Waals surface area contributed by atoms with Gasteiger partial charge in [-0.15, -0.1) is 0 Å². The Hall–Kier alpha value is -4.87. The Kier molecular flexibility index (Phi) is 6.36. The molecular formula is C23H26N10O2. The number of hydrogen-bond donors (Lipinski definition) is 6. The number of ether oxygens (including phenoxy) is 2. The van der Waals surface area contributed by atoms with Crippen molar-refractivity contribution in [2.75, 3.05) is 24.3 Å². The second kappa shape index (κ2) is 9.55. The minimum Gasteiger partial charge on any atom is -0.435 e. The van der Waals surface area contributed by atoms with Gasteiger partial charge in [0.05, 0.1) is 11.4 Å². The van der Waals surface area contributed by atoms with Crippen molar-refractivity contribution in [3.8, 4) is 23.4 Å². The molecule has 0 radical (unpaired) electrons. The topological polar surface area (TPSA) is 188 Å². The Morgan fingerprint density at radius 2 is 1.80 bits per heavy atom. The van der Waals surface area contributed by atoms with Crippen molar-refractivity contribution in [3.63, 3.8) is 0 Å². The van der Waals surface area contributed by atoms with Crippen LogP contribution in [-0.2, 0) is 6.42 Å². The first-order valence-electron chi connectivity index (χ1n) is 10.7. The van der Waals surface area contributed by atoms with E-state index in [2.05, 4.69) is 25.3 Å². The molecule has 0 saturated carbocycles. The van der Waals surface area contributed by atoms with Gasteiger partial charge in [-0.2, -0.15) is 9.97 Å². The lowest BCUT2D eigenvalue weighted by Gasteiger charge is -2.18. The fraction of sp³-hybridized carbons (Fsp3) is 0.174. The largest absolute Gasteiger partial charge is 0.435 e. The van der Waals surface area contributed by atoms with E-state index in [9.17, 15) is 0 Å². The van der Waals surface area contributed by atoms with Gasteiger partial charge in [0.2, 0.25) is 0 Å². The molecule has 0 spiro atoms. The predicted octanol–water partition coefficient (Wildman–Crippen LogP) is 3.16. The van der Waals surface area contributed by atoms with Crippen LogP contribution in [0, 0.1) is 10.8 Å². The number of nitrogens with one attached hydrogen (secondary N) is 4. The molecule has 0 aliphatic heterocycles. The summed E-state index contributed by atoms with van der Waals surface area (Å²) in [5, 5.41) is 18.0. The number of imidazole rings is 1. The van der Waals surface area contributed by atoms with Gasteiger partial charge in [0, 0.05) is 26.1 Å². The average molecular weight is 475 g/mol. The number of hydrogen-bond acceptors (Lipinski definition) is 8. The van der Waals surface area contributed by atoms with Crippen molar-refractivity contribution < 1.29 is 9.47 Å². The summed E-state index contributed by atoms with van der Waals surface area (Å²) < 4.78 is 12.2. The maximum absolute atomic E-state index is 7.79. The van der Waals surface area contributed by atoms with E-state index in [1.807, 2.05) is 32.0 Å². The van der Waals surface area contributed by atoms with Crippen LogP contribution in [-0.4, -0.2) is 45.8 Å². The van der Waals surface area contributed by atoms with Crippen LogP contribution in [0.5, 0.6) is 23.4 Å². The minimum absolute atomic E-state index is 0.00531. The highest BCUT2D eigenvalue weighted by Crippen LogP contribution is 2.36. The zero-order chi connectivity index (χ0) is 25.1. The van der Waals surface area contributed by atoms with E-state index in [4.69, 9.17) is 31.8 Å². The van der Waals surface area contributed by atoms with E-state index in [1.165, 1.54) is 0 Å². The standard InChI is InChI=1S/C23H26N10O2/c1-4-17-29-18-20(30-17)31-23(35-15-8-6-5-7-13(15)28-22(26)27)32-21(18)34-16-11-12(19(24)25)9-10-14(16)33(2)3/h5-11H,4H2,1-3H3,(H3,24,25)(H4,26,27,28)(H,29,30,31,32). The maximum Gasteiger partial charge on any atom is 0.327 e. The van der Waals surface area contributed by atoms with Crippen LogP contribution in [0.2, 0.25) is 0 Å². The molecule has 2 heterocycles. The Morgan fingerprint density at radius 3 is 2.49 bits per heavy atom. The molecule has 4 aromatic rings. The molecule has 35 heavy (non-hydrogen) atoms. The molecule has 0 unspecified atom stereocenters. The van der Waals surface area contributed by atoms with E-state index >= 15 is 0 Å². The van der Waals surface area contributed by atoms with Gasteiger partial charge >= 0.3 is 6.01 Å². The summed E-state index contributed by atoms with van der Waals surface area (Å²) in [6, 6.07) is 12.2. The summed E-state index contributed by atoms with van der Waals surface area (Å²) in [4.78, 5) is 18.5. The predicted molar refractivity (Wildman–Crippen MR) is 135 cm³/mol. The molecule has 0 bridgehead atoms. The van der Waals surface area contributed by atoms with E-state index in [-0.39, 0.29) is 23.7 Å². The van der Waals surface area contributed by atoms with Crippen molar-refractivity contribution in [2.24, 2.45) is 11.5 Å². The van der Waals surface area contributed by atoms with Crippen LogP contribution in [0.1, 0.15) is 18.3 Å². The van der Waals surface area contributed by atoms with E-state index in [1.54, 1.807) is 36.4 Å². The number of aromatic amines is 1. The SMILES string of the molecule is CCc1nc2c(Oc3cc(C(=N)N)ccc3N(C)C)nc(Oc3ccccc3NC(=N)N)nc2[nH]1. The third-order valence-electron chi connectivity index (χ3n) is 4.99. The summed E-state index contributed by atoms with van der Waals surface area (Å²) in [7, 11) is 3.75. The molecule has 4 rings (SSSR count). The first-order chi connectivity index (χ1) is 16.7. The van der Waals surface area contributed by atoms with E-state index < -0.39 is 0 Å². The molecule has 8 N–H and O–H groups in total. The summed E-state index contributed by atoms with van der Waals surface area (Å²) >= 11 is 0. The number of guanidine groups is 1. The van der Waals surface area contributed by atoms with Gasteiger partial charge in [-0.25, -0.2) is 4.98 Å². The lowest BCUT2D eigenvalue weighted by atomic mass is 10.1. The van der Waals surface area contributed by atoms with E-state index in [0.29, 0.717) is 46.2 Å². The Bertz CT molecular complexity index is 1410. The summed E-state index contributed by atoms with van der Waals surface area (Å²) in [6.07, 6.45) is 0.653. The summed E-state index contributed by atoms with van der Waals surface area (Å²) in [5.41, 5.74) is 13.8. The van der Waals surface area contributed by atoms with Gasteiger partial charge < -0.3 is 36.1 Å². The van der Waals surface area contributed by atoms with Gasteiger partial charge in [-0.3, -0.25) is 10.8 Å². The lowest BCUT2D eigenvalue weighted by Crippen LogP contribution is -2.20. The Morgan fingerprint density at radius 1 is 1.03 bits per heavy atom. The quantitative estimate of drug-likeness (QED) is 0.165. The molecule has 0 atom stereocenters. The third-order valence-corrected chi connectivity index (χ3v) is 4.99. The monoisotopic (exact) mass is 474 g/mol. The number of nitrogen functional groups attached to an aromatic ring is 1. The van der Waals surface area contributed by atoms with Crippen LogP contribution < -0.4 is 31.2 Å². The van der Waals surface area contributed by atoms with Crippen molar-refractivity contribution in [2.45, 2.75) is 13.3 Å². The molecule has 12 heteroatoms. The minimum atomic E-state index is -0.232. The summed E-state index contributed by atoms with van der Waals surface area (Å²) in [6.45, 7) is 1.97. The molecule has 0 saturated heterocycles. The number of fused-ring (bicyclic) bond motifs is 1. The Labute approximate surface area is 201 Å². The second-order valence-electron chi connectivity index (χ2n) is 7.78. The van der Waals surface area contributed by atoms with Gasteiger partial charge in [0.1, 0.15) is 11.7 Å². The van der Waals surface area contributed by atoms with Crippen molar-refractivity contribution in [1.82, 2.24) is 19.9 Å². The number of nitrogens with two attached hydrogens (primary N) is 2. The first kappa shape index (κ1) is 23.3. The number of anilines is 2. The number of amidine groups is 1. The van der Waals surface area contributed by atoms with Crippen LogP contribution in [0.15, 0.2) is 42.5 Å². The molecule has 180 valence electrons. The molecule has 2 aromatic carbocycles. The first-order valence-corrected chi connectivity index (χ1v) is 10.7. The highest BCUT2D eigenvalue weighted by atomic mass is 16.5. The number of rotatable bonds is 8. The average Bonchev–Trinajstić information content (AvgIpc) is 3.23. The number of aryl methyl sites for hydroxylation is 1. The van der Waals surface area contributed by atoms with Gasteiger partial charge in [-0.1, -0.05) is 19.1 Å². The number of nitrogens with zero attached hydrogens (tertiary/aromatic N) is 4. The lowest BCUT2D eigenvalue weighted by molar-refractivity contribution is 0.418. The normalized spacial score (nSPS) is 10.7. The third kappa shape index (κ3) is 5.05. The zero-order valence-corrected chi connectivity index (χ0v) is 19.5. The highest BCUT2D eigenvalue weighted by molar-refractivity contribution is 5.96. The van der Waals surface area contributed by atoms with Crippen LogP contribution >= 0.6 is 0 Å². The number of benzene rings is 2. The van der Waals surface area contributed by atoms with Crippen LogP contribution in [0.4, 0.5) is 11.4 Å². The fourth-order valence-electron chi connectivity index (χ4n) is 3.33. The number of H-pyrrole nitrogens is 1. The van der Waals surface area contributed by atoms with Crippen LogP contribution in [0.25, 0.3) is 11.2 Å². The highest BCUT2D eigenvalue weighted by Gasteiger charge is 2.19. The maximum atomic E-state index is 7.79. The molecule has 0 fully saturated rings. The van der Waals surface area contributed by atoms with Gasteiger partial charge in [-0.05, 0) is 30.3 Å². The molecule has 2 aromatic heterocycles. The van der Waals surface area contributed by atoms with Crippen molar-refractivity contribution in [3.05, 3.63) is 53.9 Å². The molecule has 12 nitrogen and oxygen atoms in total.